The van der Waals surface area contributed by atoms with Crippen LogP contribution in [0.25, 0.3) is 0 Å². The number of aryl methyl sites for hydroxylation is 2. The third kappa shape index (κ3) is 3.76. The summed E-state index contributed by atoms with van der Waals surface area (Å²) in [5.74, 6) is 1.36. The molecule has 0 aliphatic carbocycles. The van der Waals surface area contributed by atoms with Crippen molar-refractivity contribution in [3.8, 4) is 0 Å². The summed E-state index contributed by atoms with van der Waals surface area (Å²) >= 11 is 0. The van der Waals surface area contributed by atoms with E-state index in [0.717, 1.165) is 48.7 Å². The van der Waals surface area contributed by atoms with Crippen LogP contribution in [-0.2, 0) is 17.6 Å². The minimum absolute atomic E-state index is 0.209. The number of hydrogen-bond donors (Lipinski definition) is 0. The highest BCUT2D eigenvalue weighted by molar-refractivity contribution is 5.95. The molecule has 0 spiro atoms. The zero-order chi connectivity index (χ0) is 16.2. The number of amides is 1. The van der Waals surface area contributed by atoms with E-state index in [1.807, 2.05) is 42.2 Å². The van der Waals surface area contributed by atoms with Gasteiger partial charge in [0, 0.05) is 30.0 Å². The molecule has 1 aliphatic heterocycles. The topological polar surface area (TPSA) is 46.1 Å². The maximum absolute atomic E-state index is 12.3. The minimum atomic E-state index is 0.209. The first-order valence-electron chi connectivity index (χ1n) is 8.34. The molecule has 120 valence electrons. The smallest absolute Gasteiger partial charge is 0.227 e. The van der Waals surface area contributed by atoms with Crippen molar-refractivity contribution >= 4 is 11.6 Å². The molecule has 1 aromatic heterocycles. The Hall–Kier alpha value is -2.23. The van der Waals surface area contributed by atoms with Crippen LogP contribution >= 0.6 is 0 Å². The molecule has 0 saturated carbocycles. The van der Waals surface area contributed by atoms with Gasteiger partial charge in [-0.3, -0.25) is 4.79 Å². The standard InChI is InChI=1S/C19H23N3O/c1-3-7-16-12-17(21-14(2)20-16)10-15-11-19(23)22(13-15)18-8-5-4-6-9-18/h4-6,8-9,12,15H,3,7,10-11,13H2,1-2H3/t15-/m0/s1. The Morgan fingerprint density at radius 1 is 1.17 bits per heavy atom. The Labute approximate surface area is 137 Å². The first-order chi connectivity index (χ1) is 11.2. The lowest BCUT2D eigenvalue weighted by Crippen LogP contribution is -2.24. The molecular weight excluding hydrogens is 286 g/mol. The second kappa shape index (κ2) is 6.90. The van der Waals surface area contributed by atoms with Crippen molar-refractivity contribution in [2.45, 2.75) is 39.5 Å². The van der Waals surface area contributed by atoms with Crippen LogP contribution < -0.4 is 4.90 Å². The van der Waals surface area contributed by atoms with E-state index in [1.165, 1.54) is 0 Å². The third-order valence-corrected chi connectivity index (χ3v) is 4.22. The molecule has 4 nitrogen and oxygen atoms in total. The molecule has 23 heavy (non-hydrogen) atoms. The van der Waals surface area contributed by atoms with E-state index in [1.54, 1.807) is 0 Å². The molecule has 1 fully saturated rings. The van der Waals surface area contributed by atoms with Gasteiger partial charge in [-0.05, 0) is 43.9 Å². The zero-order valence-electron chi connectivity index (χ0n) is 13.8. The summed E-state index contributed by atoms with van der Waals surface area (Å²) in [4.78, 5) is 23.2. The Balaban J connectivity index is 1.71. The molecule has 2 aromatic rings. The Bertz CT molecular complexity index is 684. The summed E-state index contributed by atoms with van der Waals surface area (Å²) in [6.45, 7) is 4.87. The number of carbonyl (C=O) groups excluding carboxylic acids is 1. The summed E-state index contributed by atoms with van der Waals surface area (Å²) in [6.07, 6.45) is 3.51. The summed E-state index contributed by atoms with van der Waals surface area (Å²) in [5, 5.41) is 0. The number of aromatic nitrogens is 2. The van der Waals surface area contributed by atoms with Crippen molar-refractivity contribution in [1.82, 2.24) is 9.97 Å². The van der Waals surface area contributed by atoms with Crippen molar-refractivity contribution in [2.75, 3.05) is 11.4 Å². The highest BCUT2D eigenvalue weighted by atomic mass is 16.2. The normalized spacial score (nSPS) is 17.7. The van der Waals surface area contributed by atoms with Crippen LogP contribution in [0.4, 0.5) is 5.69 Å². The van der Waals surface area contributed by atoms with E-state index in [0.29, 0.717) is 12.3 Å². The fourth-order valence-corrected chi connectivity index (χ4v) is 3.26. The van der Waals surface area contributed by atoms with Crippen molar-refractivity contribution in [1.29, 1.82) is 0 Å². The first kappa shape index (κ1) is 15.7. The maximum Gasteiger partial charge on any atom is 0.227 e. The lowest BCUT2D eigenvalue weighted by molar-refractivity contribution is -0.117. The molecule has 2 heterocycles. The van der Waals surface area contributed by atoms with Crippen LogP contribution in [0.5, 0.6) is 0 Å². The second-order valence-corrected chi connectivity index (χ2v) is 6.26. The number of para-hydroxylation sites is 1. The molecule has 1 saturated heterocycles. The molecule has 0 N–H and O–H groups in total. The van der Waals surface area contributed by atoms with Gasteiger partial charge in [0.2, 0.25) is 5.91 Å². The average Bonchev–Trinajstić information content (AvgIpc) is 2.88. The first-order valence-corrected chi connectivity index (χ1v) is 8.34. The fourth-order valence-electron chi connectivity index (χ4n) is 3.26. The van der Waals surface area contributed by atoms with Crippen LogP contribution in [0.15, 0.2) is 36.4 Å². The number of rotatable bonds is 5. The summed E-state index contributed by atoms with van der Waals surface area (Å²) < 4.78 is 0. The lowest BCUT2D eigenvalue weighted by atomic mass is 10.0. The van der Waals surface area contributed by atoms with E-state index < -0.39 is 0 Å². The summed E-state index contributed by atoms with van der Waals surface area (Å²) in [6, 6.07) is 12.0. The van der Waals surface area contributed by atoms with E-state index in [4.69, 9.17) is 0 Å². The van der Waals surface area contributed by atoms with Crippen LogP contribution in [0, 0.1) is 12.8 Å². The van der Waals surface area contributed by atoms with Gasteiger partial charge >= 0.3 is 0 Å². The van der Waals surface area contributed by atoms with Gasteiger partial charge in [0.1, 0.15) is 5.82 Å². The summed E-state index contributed by atoms with van der Waals surface area (Å²) in [5.41, 5.74) is 3.17. The van der Waals surface area contributed by atoms with Crippen LogP contribution in [0.2, 0.25) is 0 Å². The van der Waals surface area contributed by atoms with Crippen molar-refractivity contribution in [3.63, 3.8) is 0 Å². The molecule has 1 aliphatic rings. The number of benzene rings is 1. The predicted molar refractivity (Wildman–Crippen MR) is 91.4 cm³/mol. The lowest BCUT2D eigenvalue weighted by Gasteiger charge is -2.16. The van der Waals surface area contributed by atoms with Crippen LogP contribution in [0.3, 0.4) is 0 Å². The van der Waals surface area contributed by atoms with Gasteiger partial charge in [-0.25, -0.2) is 9.97 Å². The number of carbonyl (C=O) groups is 1. The van der Waals surface area contributed by atoms with Crippen molar-refractivity contribution in [3.05, 3.63) is 53.6 Å². The van der Waals surface area contributed by atoms with Crippen LogP contribution in [0.1, 0.15) is 37.0 Å². The maximum atomic E-state index is 12.3. The van der Waals surface area contributed by atoms with E-state index in [-0.39, 0.29) is 5.91 Å². The predicted octanol–water partition coefficient (Wildman–Crippen LogP) is 3.33. The van der Waals surface area contributed by atoms with Gasteiger partial charge in [-0.1, -0.05) is 31.5 Å². The van der Waals surface area contributed by atoms with Gasteiger partial charge in [0.15, 0.2) is 0 Å². The summed E-state index contributed by atoms with van der Waals surface area (Å²) in [7, 11) is 0. The largest absolute Gasteiger partial charge is 0.312 e. The molecule has 0 radical (unpaired) electrons. The van der Waals surface area contributed by atoms with Gasteiger partial charge < -0.3 is 4.90 Å². The van der Waals surface area contributed by atoms with Gasteiger partial charge in [-0.2, -0.15) is 0 Å². The molecule has 0 bridgehead atoms. The monoisotopic (exact) mass is 309 g/mol. The second-order valence-electron chi connectivity index (χ2n) is 6.26. The Kier molecular flexibility index (Phi) is 4.70. The Morgan fingerprint density at radius 2 is 1.91 bits per heavy atom. The average molecular weight is 309 g/mol. The van der Waals surface area contributed by atoms with Crippen molar-refractivity contribution in [2.24, 2.45) is 5.92 Å². The molecular formula is C19H23N3O. The SMILES string of the molecule is CCCc1cc(C[C@H]2CC(=O)N(c3ccccc3)C2)nc(C)n1. The number of nitrogens with zero attached hydrogens (tertiary/aromatic N) is 3. The minimum Gasteiger partial charge on any atom is -0.312 e. The molecule has 1 amide bonds. The van der Waals surface area contributed by atoms with Gasteiger partial charge in [0.05, 0.1) is 0 Å². The zero-order valence-corrected chi connectivity index (χ0v) is 13.8. The molecule has 1 atom stereocenters. The fraction of sp³-hybridized carbons (Fsp3) is 0.421. The third-order valence-electron chi connectivity index (χ3n) is 4.22. The van der Waals surface area contributed by atoms with Gasteiger partial charge in [0.25, 0.3) is 0 Å². The number of anilines is 1. The molecule has 4 heteroatoms. The van der Waals surface area contributed by atoms with E-state index >= 15 is 0 Å². The molecule has 3 rings (SSSR count). The van der Waals surface area contributed by atoms with E-state index in [9.17, 15) is 4.79 Å². The van der Waals surface area contributed by atoms with E-state index in [2.05, 4.69) is 23.0 Å². The number of hydrogen-bond acceptors (Lipinski definition) is 3. The van der Waals surface area contributed by atoms with Crippen LogP contribution in [-0.4, -0.2) is 22.4 Å². The molecule has 1 aromatic carbocycles. The highest BCUT2D eigenvalue weighted by Crippen LogP contribution is 2.26. The Morgan fingerprint density at radius 3 is 2.65 bits per heavy atom. The quantitative estimate of drug-likeness (QED) is 0.851. The van der Waals surface area contributed by atoms with Gasteiger partial charge in [-0.15, -0.1) is 0 Å². The molecule has 0 unspecified atom stereocenters. The van der Waals surface area contributed by atoms with Crippen molar-refractivity contribution < 1.29 is 4.79 Å². The highest BCUT2D eigenvalue weighted by Gasteiger charge is 2.30.